The van der Waals surface area contributed by atoms with Gasteiger partial charge in [0, 0.05) is 21.1 Å². The van der Waals surface area contributed by atoms with Gasteiger partial charge in [-0.25, -0.2) is 0 Å². The Hall–Kier alpha value is -1.74. The van der Waals surface area contributed by atoms with Crippen molar-refractivity contribution in [1.82, 2.24) is 4.98 Å². The van der Waals surface area contributed by atoms with E-state index in [0.29, 0.717) is 0 Å². The average molecular weight is 302 g/mol. The molecule has 1 N–H and O–H groups in total. The number of rotatable bonds is 2. The summed E-state index contributed by atoms with van der Waals surface area (Å²) in [5, 5.41) is 1.11. The molecule has 0 unspecified atom stereocenters. The van der Waals surface area contributed by atoms with Crippen LogP contribution in [-0.4, -0.2) is 12.1 Å². The Bertz CT molecular complexity index is 685. The predicted octanol–water partition coefficient (Wildman–Crippen LogP) is 4.61. The maximum Gasteiger partial charge on any atom is 0.128 e. The second kappa shape index (κ2) is 4.50. The first kappa shape index (κ1) is 11.4. The number of ether oxygens (including phenoxy) is 1. The summed E-state index contributed by atoms with van der Waals surface area (Å²) < 4.78 is 6.45. The van der Waals surface area contributed by atoms with Gasteiger partial charge in [-0.3, -0.25) is 0 Å². The maximum absolute atomic E-state index is 5.37. The number of halogens is 1. The molecule has 1 heterocycles. The van der Waals surface area contributed by atoms with Gasteiger partial charge in [0.2, 0.25) is 0 Å². The van der Waals surface area contributed by atoms with Gasteiger partial charge in [0.25, 0.3) is 0 Å². The van der Waals surface area contributed by atoms with Gasteiger partial charge in [-0.2, -0.15) is 0 Å². The SMILES string of the molecule is COc1cccc2[nH]c(-c3ccc(Br)cc3)cc12. The number of aromatic amines is 1. The van der Waals surface area contributed by atoms with E-state index in [0.717, 1.165) is 32.4 Å². The number of benzene rings is 2. The van der Waals surface area contributed by atoms with Crippen molar-refractivity contribution < 1.29 is 4.74 Å². The largest absolute Gasteiger partial charge is 0.496 e. The van der Waals surface area contributed by atoms with Crippen LogP contribution in [0.5, 0.6) is 5.75 Å². The Morgan fingerprint density at radius 3 is 2.56 bits per heavy atom. The highest BCUT2D eigenvalue weighted by Gasteiger charge is 2.06. The van der Waals surface area contributed by atoms with E-state index < -0.39 is 0 Å². The molecular weight excluding hydrogens is 290 g/mol. The third-order valence-corrected chi connectivity index (χ3v) is 3.53. The van der Waals surface area contributed by atoms with Crippen LogP contribution >= 0.6 is 15.9 Å². The third kappa shape index (κ3) is 1.91. The fraction of sp³-hybridized carbons (Fsp3) is 0.0667. The molecule has 0 aliphatic carbocycles. The van der Waals surface area contributed by atoms with Crippen LogP contribution in [0.15, 0.2) is 53.0 Å². The Labute approximate surface area is 114 Å². The van der Waals surface area contributed by atoms with Crippen molar-refractivity contribution in [3.8, 4) is 17.0 Å². The Morgan fingerprint density at radius 1 is 1.06 bits per heavy atom. The van der Waals surface area contributed by atoms with Gasteiger partial charge < -0.3 is 9.72 Å². The zero-order chi connectivity index (χ0) is 12.5. The first-order chi connectivity index (χ1) is 8.78. The lowest BCUT2D eigenvalue weighted by Gasteiger charge is -1.99. The van der Waals surface area contributed by atoms with Crippen LogP contribution in [0.25, 0.3) is 22.2 Å². The summed E-state index contributed by atoms with van der Waals surface area (Å²) in [6.07, 6.45) is 0. The Balaban J connectivity index is 2.16. The molecule has 0 atom stereocenters. The van der Waals surface area contributed by atoms with E-state index in [9.17, 15) is 0 Å². The topological polar surface area (TPSA) is 25.0 Å². The van der Waals surface area contributed by atoms with E-state index in [1.165, 1.54) is 0 Å². The Kier molecular flexibility index (Phi) is 2.84. The van der Waals surface area contributed by atoms with Crippen LogP contribution in [0.3, 0.4) is 0 Å². The average Bonchev–Trinajstić information content (AvgIpc) is 2.83. The quantitative estimate of drug-likeness (QED) is 0.735. The van der Waals surface area contributed by atoms with Crippen molar-refractivity contribution in [1.29, 1.82) is 0 Å². The van der Waals surface area contributed by atoms with Crippen molar-refractivity contribution in [2.24, 2.45) is 0 Å². The van der Waals surface area contributed by atoms with Gasteiger partial charge in [-0.05, 0) is 35.9 Å². The lowest BCUT2D eigenvalue weighted by Crippen LogP contribution is -1.81. The van der Waals surface area contributed by atoms with Gasteiger partial charge in [0.1, 0.15) is 5.75 Å². The zero-order valence-electron chi connectivity index (χ0n) is 9.91. The molecule has 90 valence electrons. The van der Waals surface area contributed by atoms with Gasteiger partial charge in [-0.1, -0.05) is 34.1 Å². The molecule has 0 bridgehead atoms. The summed E-state index contributed by atoms with van der Waals surface area (Å²) >= 11 is 3.45. The lowest BCUT2D eigenvalue weighted by atomic mass is 10.1. The first-order valence-electron chi connectivity index (χ1n) is 5.69. The van der Waals surface area contributed by atoms with E-state index in [-0.39, 0.29) is 0 Å². The second-order valence-electron chi connectivity index (χ2n) is 4.11. The van der Waals surface area contributed by atoms with E-state index in [4.69, 9.17) is 4.74 Å². The van der Waals surface area contributed by atoms with Crippen LogP contribution in [0.1, 0.15) is 0 Å². The van der Waals surface area contributed by atoms with E-state index in [1.807, 2.05) is 24.3 Å². The maximum atomic E-state index is 5.37. The van der Waals surface area contributed by atoms with Crippen LogP contribution in [-0.2, 0) is 0 Å². The van der Waals surface area contributed by atoms with Crippen molar-refractivity contribution in [3.63, 3.8) is 0 Å². The minimum atomic E-state index is 0.895. The second-order valence-corrected chi connectivity index (χ2v) is 5.03. The first-order valence-corrected chi connectivity index (χ1v) is 6.49. The molecule has 0 amide bonds. The van der Waals surface area contributed by atoms with E-state index in [1.54, 1.807) is 7.11 Å². The molecule has 0 aliphatic rings. The molecule has 3 heteroatoms. The number of aromatic nitrogens is 1. The van der Waals surface area contributed by atoms with Crippen LogP contribution < -0.4 is 4.74 Å². The third-order valence-electron chi connectivity index (χ3n) is 3.00. The fourth-order valence-corrected chi connectivity index (χ4v) is 2.35. The standard InChI is InChI=1S/C15H12BrNO/c1-18-15-4-2-3-13-12(15)9-14(17-13)10-5-7-11(16)8-6-10/h2-9,17H,1H3. The molecule has 0 aliphatic heterocycles. The number of methoxy groups -OCH3 is 1. The van der Waals surface area contributed by atoms with Gasteiger partial charge in [0.05, 0.1) is 7.11 Å². The summed E-state index contributed by atoms with van der Waals surface area (Å²) in [5.74, 6) is 0.895. The number of H-pyrrole nitrogens is 1. The molecule has 0 spiro atoms. The molecular formula is C15H12BrNO. The highest BCUT2D eigenvalue weighted by Crippen LogP contribution is 2.30. The van der Waals surface area contributed by atoms with Crippen LogP contribution in [0.4, 0.5) is 0 Å². The molecule has 2 aromatic carbocycles. The summed E-state index contributed by atoms with van der Waals surface area (Å²) in [4.78, 5) is 3.41. The van der Waals surface area contributed by atoms with Gasteiger partial charge in [-0.15, -0.1) is 0 Å². The van der Waals surface area contributed by atoms with Crippen molar-refractivity contribution in [2.75, 3.05) is 7.11 Å². The van der Waals surface area contributed by atoms with Crippen molar-refractivity contribution in [2.45, 2.75) is 0 Å². The number of hydrogen-bond acceptors (Lipinski definition) is 1. The summed E-state index contributed by atoms with van der Waals surface area (Å²) in [6, 6.07) is 16.4. The highest BCUT2D eigenvalue weighted by molar-refractivity contribution is 9.10. The predicted molar refractivity (Wildman–Crippen MR) is 78.0 cm³/mol. The monoisotopic (exact) mass is 301 g/mol. The molecule has 0 saturated carbocycles. The van der Waals surface area contributed by atoms with Crippen LogP contribution in [0, 0.1) is 0 Å². The Morgan fingerprint density at radius 2 is 1.83 bits per heavy atom. The van der Waals surface area contributed by atoms with Crippen molar-refractivity contribution >= 4 is 26.8 Å². The normalized spacial score (nSPS) is 10.8. The van der Waals surface area contributed by atoms with Gasteiger partial charge >= 0.3 is 0 Å². The lowest BCUT2D eigenvalue weighted by molar-refractivity contribution is 0.420. The fourth-order valence-electron chi connectivity index (χ4n) is 2.09. The van der Waals surface area contributed by atoms with E-state index >= 15 is 0 Å². The molecule has 0 saturated heterocycles. The molecule has 3 aromatic rings. The molecule has 0 radical (unpaired) electrons. The van der Waals surface area contributed by atoms with Crippen LogP contribution in [0.2, 0.25) is 0 Å². The molecule has 3 rings (SSSR count). The summed E-state index contributed by atoms with van der Waals surface area (Å²) in [6.45, 7) is 0. The molecule has 0 fully saturated rings. The number of hydrogen-bond donors (Lipinski definition) is 1. The smallest absolute Gasteiger partial charge is 0.128 e. The minimum absolute atomic E-state index is 0.895. The number of nitrogens with one attached hydrogen (secondary N) is 1. The zero-order valence-corrected chi connectivity index (χ0v) is 11.5. The summed E-state index contributed by atoms with van der Waals surface area (Å²) in [5.41, 5.74) is 3.35. The molecule has 1 aromatic heterocycles. The minimum Gasteiger partial charge on any atom is -0.496 e. The number of fused-ring (bicyclic) bond motifs is 1. The van der Waals surface area contributed by atoms with E-state index in [2.05, 4.69) is 45.2 Å². The van der Waals surface area contributed by atoms with Crippen molar-refractivity contribution in [3.05, 3.63) is 53.0 Å². The molecule has 2 nitrogen and oxygen atoms in total. The highest BCUT2D eigenvalue weighted by atomic mass is 79.9. The van der Waals surface area contributed by atoms with Gasteiger partial charge in [0.15, 0.2) is 0 Å². The summed E-state index contributed by atoms with van der Waals surface area (Å²) in [7, 11) is 1.70. The molecule has 18 heavy (non-hydrogen) atoms.